The first-order valence-electron chi connectivity index (χ1n) is 15.4. The van der Waals surface area contributed by atoms with Gasteiger partial charge in [0.2, 0.25) is 5.43 Å². The number of rotatable bonds is 8. The number of methoxy groups -OCH3 is 1. The highest BCUT2D eigenvalue weighted by Gasteiger charge is 2.10. The van der Waals surface area contributed by atoms with Gasteiger partial charge in [0.1, 0.15) is 0 Å². The summed E-state index contributed by atoms with van der Waals surface area (Å²) in [6.45, 7) is 12.1. The Morgan fingerprint density at radius 3 is 1.90 bits per heavy atom. The van der Waals surface area contributed by atoms with Gasteiger partial charge in [0, 0.05) is 42.7 Å². The normalized spacial score (nSPS) is 10.1. The van der Waals surface area contributed by atoms with Crippen molar-refractivity contribution >= 4 is 17.6 Å². The van der Waals surface area contributed by atoms with Crippen molar-refractivity contribution in [2.45, 2.75) is 67.5 Å². The number of allylic oxidation sites excluding steroid dienone is 1. The number of benzene rings is 2. The van der Waals surface area contributed by atoms with E-state index in [4.69, 9.17) is 20.1 Å². The van der Waals surface area contributed by atoms with Crippen molar-refractivity contribution in [2.75, 3.05) is 7.11 Å². The second kappa shape index (κ2) is 20.5. The molecule has 0 radical (unpaired) electrons. The van der Waals surface area contributed by atoms with Gasteiger partial charge in [-0.05, 0) is 82.5 Å². The van der Waals surface area contributed by atoms with Crippen LogP contribution in [-0.2, 0) is 17.9 Å². The summed E-state index contributed by atoms with van der Waals surface area (Å²) in [7, 11) is 1.48. The minimum atomic E-state index is -0.611. The van der Waals surface area contributed by atoms with Crippen molar-refractivity contribution in [3.8, 4) is 34.5 Å². The van der Waals surface area contributed by atoms with Crippen molar-refractivity contribution < 1.29 is 39.9 Å². The zero-order chi connectivity index (χ0) is 37.3. The summed E-state index contributed by atoms with van der Waals surface area (Å²) in [6.07, 6.45) is 8.67. The molecule has 4 aromatic rings. The van der Waals surface area contributed by atoms with Gasteiger partial charge in [-0.25, -0.2) is 0 Å². The lowest BCUT2D eigenvalue weighted by molar-refractivity contribution is -0.112. The Balaban J connectivity index is 0.000000328. The average Bonchev–Trinajstić information content (AvgIpc) is 3.06. The zero-order valence-corrected chi connectivity index (χ0v) is 28.9. The lowest BCUT2D eigenvalue weighted by Gasteiger charge is -2.09. The molecule has 2 heterocycles. The minimum Gasteiger partial charge on any atom is -0.504 e. The topological polar surface area (TPSA) is 189 Å². The largest absolute Gasteiger partial charge is 0.504 e. The number of carbonyl (C=O) groups excluding carboxylic acids is 2. The van der Waals surface area contributed by atoms with Crippen molar-refractivity contribution in [1.29, 1.82) is 0 Å². The first-order valence-corrected chi connectivity index (χ1v) is 15.4. The van der Waals surface area contributed by atoms with E-state index in [1.807, 2.05) is 29.8 Å². The standard InChI is InChI=1S/C11H12O3.C9H13NO2.C9H13NO.C8H8O4/c1-8(12)3-4-9-5-6-10(13)11(7-9)14-2;1-3-5-10-6-4-8(11)9(12)7(10)2;1-3-6-10-7-4-5-8(2)9(10)11;1-4(9)5-2-6(10)8(12)7(11)3-5/h3-7,13H,1-2H3;4,6,12H,3,5H2,1-2H3;4-5,7H,3,6H2,1-2H3;2-3,10-12H,1H3/b4-3+;;;. The summed E-state index contributed by atoms with van der Waals surface area (Å²) < 4.78 is 8.54. The predicted octanol–water partition coefficient (Wildman–Crippen LogP) is 5.85. The lowest BCUT2D eigenvalue weighted by atomic mass is 10.1. The SMILES string of the molecule is CC(=O)c1cc(O)c(O)c(O)c1.CCCn1ccc(=O)c(O)c1C.CCCn1cccc(C)c1=O.COc1cc(/C=C/C(C)=O)ccc1O. The number of aromatic nitrogens is 2. The van der Waals surface area contributed by atoms with E-state index in [-0.39, 0.29) is 39.6 Å². The van der Waals surface area contributed by atoms with Crippen LogP contribution in [-0.4, -0.2) is 53.3 Å². The highest BCUT2D eigenvalue weighted by Crippen LogP contribution is 2.35. The van der Waals surface area contributed by atoms with E-state index in [0.29, 0.717) is 11.4 Å². The number of ether oxygens (including phenoxy) is 1. The molecule has 4 rings (SSSR count). The molecule has 0 saturated heterocycles. The molecule has 0 unspecified atom stereocenters. The molecule has 0 aliphatic rings. The van der Waals surface area contributed by atoms with Crippen LogP contribution in [0.1, 0.15) is 67.7 Å². The van der Waals surface area contributed by atoms with Gasteiger partial charge in [0.25, 0.3) is 5.56 Å². The number of ketones is 2. The summed E-state index contributed by atoms with van der Waals surface area (Å²) in [5, 5.41) is 45.4. The van der Waals surface area contributed by atoms with E-state index >= 15 is 0 Å². The number of hydrogen-bond donors (Lipinski definition) is 5. The number of pyridine rings is 2. The average molecular weight is 679 g/mol. The molecular formula is C37H46N2O10. The Morgan fingerprint density at radius 2 is 1.37 bits per heavy atom. The molecule has 5 N–H and O–H groups in total. The van der Waals surface area contributed by atoms with Gasteiger partial charge in [-0.2, -0.15) is 0 Å². The first kappa shape index (κ1) is 41.2. The van der Waals surface area contributed by atoms with E-state index in [9.17, 15) is 29.4 Å². The van der Waals surface area contributed by atoms with Crippen LogP contribution < -0.4 is 15.7 Å². The van der Waals surface area contributed by atoms with Crippen LogP contribution in [0.5, 0.6) is 34.5 Å². The first-order chi connectivity index (χ1) is 23.1. The van der Waals surface area contributed by atoms with E-state index in [2.05, 4.69) is 13.8 Å². The molecule has 264 valence electrons. The van der Waals surface area contributed by atoms with E-state index < -0.39 is 17.2 Å². The molecule has 2 aromatic heterocycles. The maximum absolute atomic E-state index is 11.3. The number of carbonyl (C=O) groups is 2. The van der Waals surface area contributed by atoms with Gasteiger partial charge in [-0.3, -0.25) is 19.2 Å². The summed E-state index contributed by atoms with van der Waals surface area (Å²) in [4.78, 5) is 43.7. The summed E-state index contributed by atoms with van der Waals surface area (Å²) >= 11 is 0. The molecule has 0 spiro atoms. The van der Waals surface area contributed by atoms with E-state index in [0.717, 1.165) is 49.2 Å². The van der Waals surface area contributed by atoms with Gasteiger partial charge < -0.3 is 39.4 Å². The monoisotopic (exact) mass is 678 g/mol. The van der Waals surface area contributed by atoms with Gasteiger partial charge in [0.15, 0.2) is 46.1 Å². The van der Waals surface area contributed by atoms with E-state index in [1.54, 1.807) is 35.9 Å². The third-order valence-electron chi connectivity index (χ3n) is 6.74. The quantitative estimate of drug-likeness (QED) is 0.0859. The molecule has 0 aliphatic heterocycles. The van der Waals surface area contributed by atoms with Crippen LogP contribution in [0.15, 0.2) is 76.6 Å². The fourth-order valence-electron chi connectivity index (χ4n) is 4.04. The van der Waals surface area contributed by atoms with Crippen molar-refractivity contribution in [3.63, 3.8) is 0 Å². The summed E-state index contributed by atoms with van der Waals surface area (Å²) in [5.74, 6) is -1.56. The number of phenols is 4. The van der Waals surface area contributed by atoms with Crippen LogP contribution in [0.2, 0.25) is 0 Å². The van der Waals surface area contributed by atoms with Crippen LogP contribution in [0.4, 0.5) is 0 Å². The Morgan fingerprint density at radius 1 is 0.776 bits per heavy atom. The molecule has 12 heteroatoms. The second-order valence-electron chi connectivity index (χ2n) is 10.8. The third kappa shape index (κ3) is 13.5. The number of nitrogens with zero attached hydrogens (tertiary/aromatic N) is 2. The van der Waals surface area contributed by atoms with Gasteiger partial charge in [0.05, 0.1) is 12.8 Å². The van der Waals surface area contributed by atoms with Gasteiger partial charge in [-0.1, -0.05) is 32.1 Å². The molecule has 0 aliphatic carbocycles. The maximum atomic E-state index is 11.3. The molecule has 0 saturated carbocycles. The number of hydrogen-bond acceptors (Lipinski definition) is 10. The second-order valence-corrected chi connectivity index (χ2v) is 10.8. The molecule has 12 nitrogen and oxygen atoms in total. The Kier molecular flexibility index (Phi) is 17.2. The smallest absolute Gasteiger partial charge is 0.253 e. The minimum absolute atomic E-state index is 0.0166. The van der Waals surface area contributed by atoms with Crippen LogP contribution in [0.25, 0.3) is 6.08 Å². The van der Waals surface area contributed by atoms with Gasteiger partial charge >= 0.3 is 0 Å². The molecule has 0 bridgehead atoms. The maximum Gasteiger partial charge on any atom is 0.253 e. The molecule has 49 heavy (non-hydrogen) atoms. The highest BCUT2D eigenvalue weighted by molar-refractivity contribution is 5.95. The molecule has 0 fully saturated rings. The van der Waals surface area contributed by atoms with Gasteiger partial charge in [-0.15, -0.1) is 0 Å². The van der Waals surface area contributed by atoms with E-state index in [1.165, 1.54) is 39.2 Å². The number of phenolic OH excluding ortho intramolecular Hbond substituents is 4. The summed E-state index contributed by atoms with van der Waals surface area (Å²) in [5.41, 5.74) is 2.26. The fraction of sp³-hybridized carbons (Fsp3) is 0.297. The van der Waals surface area contributed by atoms with Crippen molar-refractivity contribution in [1.82, 2.24) is 9.13 Å². The zero-order valence-electron chi connectivity index (χ0n) is 28.9. The molecular weight excluding hydrogens is 632 g/mol. The Labute approximate surface area is 285 Å². The lowest BCUT2D eigenvalue weighted by Crippen LogP contribution is -2.20. The predicted molar refractivity (Wildman–Crippen MR) is 189 cm³/mol. The molecule has 2 aromatic carbocycles. The number of aromatic hydroxyl groups is 5. The molecule has 0 amide bonds. The number of aryl methyl sites for hydroxylation is 3. The van der Waals surface area contributed by atoms with Crippen LogP contribution in [0, 0.1) is 13.8 Å². The highest BCUT2D eigenvalue weighted by atomic mass is 16.5. The van der Waals surface area contributed by atoms with Crippen LogP contribution >= 0.6 is 0 Å². The molecule has 0 atom stereocenters. The Bertz CT molecular complexity index is 1830. The van der Waals surface area contributed by atoms with Crippen molar-refractivity contribution in [3.05, 3.63) is 110 Å². The summed E-state index contributed by atoms with van der Waals surface area (Å²) in [6, 6.07) is 12.2. The fourth-order valence-corrected chi connectivity index (χ4v) is 4.04. The van der Waals surface area contributed by atoms with Crippen molar-refractivity contribution in [2.24, 2.45) is 0 Å². The number of Topliss-reactive ketones (excluding diaryl/α,β-unsaturated/α-hetero) is 1. The third-order valence-corrected chi connectivity index (χ3v) is 6.74. The Hall–Kier alpha value is -5.78. The van der Waals surface area contributed by atoms with Crippen LogP contribution in [0.3, 0.4) is 0 Å².